The number of anilines is 1. The summed E-state index contributed by atoms with van der Waals surface area (Å²) in [6.07, 6.45) is 7.74. The molecular formula is C19H28N2O. The second-order valence-electron chi connectivity index (χ2n) is 7.93. The topological polar surface area (TPSA) is 35.5 Å². The first-order valence-corrected chi connectivity index (χ1v) is 8.81. The van der Waals surface area contributed by atoms with Gasteiger partial charge in [0.15, 0.2) is 0 Å². The van der Waals surface area contributed by atoms with Gasteiger partial charge in [0.25, 0.3) is 0 Å². The summed E-state index contributed by atoms with van der Waals surface area (Å²) in [6, 6.07) is 4.75. The van der Waals surface area contributed by atoms with Crippen LogP contribution in [0.3, 0.4) is 0 Å². The Hall–Kier alpha value is -1.06. The Bertz CT molecular complexity index is 589. The van der Waals surface area contributed by atoms with Crippen LogP contribution in [-0.4, -0.2) is 42.8 Å². The van der Waals surface area contributed by atoms with Gasteiger partial charge in [-0.25, -0.2) is 0 Å². The maximum Gasteiger partial charge on any atom is 0.0759 e. The third-order valence-corrected chi connectivity index (χ3v) is 6.20. The fourth-order valence-corrected chi connectivity index (χ4v) is 5.16. The van der Waals surface area contributed by atoms with Crippen LogP contribution in [0.25, 0.3) is 0 Å². The number of rotatable bonds is 3. The molecule has 1 unspecified atom stereocenters. The molecule has 0 amide bonds. The van der Waals surface area contributed by atoms with Crippen LogP contribution in [-0.2, 0) is 18.3 Å². The normalized spacial score (nSPS) is 28.7. The highest BCUT2D eigenvalue weighted by atomic mass is 16.3. The Morgan fingerprint density at radius 2 is 1.91 bits per heavy atom. The Labute approximate surface area is 133 Å². The highest BCUT2D eigenvalue weighted by molar-refractivity contribution is 5.64. The molecule has 1 heterocycles. The summed E-state index contributed by atoms with van der Waals surface area (Å²) in [5.74, 6) is 0. The van der Waals surface area contributed by atoms with Crippen molar-refractivity contribution >= 4 is 5.69 Å². The molecule has 0 radical (unpaired) electrons. The van der Waals surface area contributed by atoms with Crippen molar-refractivity contribution in [3.05, 3.63) is 28.8 Å². The number of fused-ring (bicyclic) bond motifs is 2. The van der Waals surface area contributed by atoms with Crippen molar-refractivity contribution in [2.45, 2.75) is 56.0 Å². The van der Waals surface area contributed by atoms with Crippen LogP contribution < -0.4 is 5.32 Å². The van der Waals surface area contributed by atoms with Gasteiger partial charge in [-0.15, -0.1) is 0 Å². The van der Waals surface area contributed by atoms with Crippen molar-refractivity contribution in [1.82, 2.24) is 4.90 Å². The summed E-state index contributed by atoms with van der Waals surface area (Å²) in [7, 11) is 4.27. The molecule has 0 aromatic heterocycles. The minimum Gasteiger partial charge on any atom is -0.389 e. The van der Waals surface area contributed by atoms with E-state index in [0.717, 1.165) is 38.8 Å². The van der Waals surface area contributed by atoms with E-state index < -0.39 is 5.60 Å². The zero-order chi connectivity index (χ0) is 15.4. The standard InChI is InChI=1S/C19H28N2O/c1-21(2)13-18(19(22)7-4-3-5-8-19)12-15-10-14-6-9-20-17(14)11-16(15)18/h10-11,20,22H,3-9,12-13H2,1-2H3. The Kier molecular flexibility index (Phi) is 3.28. The molecule has 1 fully saturated rings. The average Bonchev–Trinajstić information content (AvgIpc) is 2.92. The number of hydrogen-bond acceptors (Lipinski definition) is 3. The highest BCUT2D eigenvalue weighted by Gasteiger charge is 2.57. The van der Waals surface area contributed by atoms with Gasteiger partial charge in [-0.2, -0.15) is 0 Å². The monoisotopic (exact) mass is 300 g/mol. The lowest BCUT2D eigenvalue weighted by molar-refractivity contribution is -0.0869. The SMILES string of the molecule is CN(C)CC1(C2(O)CCCCC2)Cc2cc3c(cc21)NCC3. The summed E-state index contributed by atoms with van der Waals surface area (Å²) >= 11 is 0. The maximum absolute atomic E-state index is 11.5. The van der Waals surface area contributed by atoms with Gasteiger partial charge >= 0.3 is 0 Å². The zero-order valence-electron chi connectivity index (χ0n) is 13.9. The van der Waals surface area contributed by atoms with Crippen LogP contribution >= 0.6 is 0 Å². The van der Waals surface area contributed by atoms with Crippen LogP contribution in [0.5, 0.6) is 0 Å². The predicted molar refractivity (Wildman–Crippen MR) is 90.6 cm³/mol. The van der Waals surface area contributed by atoms with Gasteiger partial charge in [-0.1, -0.05) is 25.3 Å². The van der Waals surface area contributed by atoms with Gasteiger partial charge in [0, 0.05) is 24.2 Å². The molecule has 2 aliphatic carbocycles. The molecule has 3 heteroatoms. The fraction of sp³-hybridized carbons (Fsp3) is 0.684. The van der Waals surface area contributed by atoms with Crippen molar-refractivity contribution in [2.24, 2.45) is 0 Å². The first-order valence-electron chi connectivity index (χ1n) is 8.81. The number of nitrogens with one attached hydrogen (secondary N) is 1. The average molecular weight is 300 g/mol. The lowest BCUT2D eigenvalue weighted by Gasteiger charge is -2.57. The largest absolute Gasteiger partial charge is 0.389 e. The Morgan fingerprint density at radius 1 is 1.14 bits per heavy atom. The molecule has 1 aromatic carbocycles. The number of benzene rings is 1. The zero-order valence-corrected chi connectivity index (χ0v) is 13.9. The summed E-state index contributed by atoms with van der Waals surface area (Å²) < 4.78 is 0. The smallest absolute Gasteiger partial charge is 0.0759 e. The number of likely N-dealkylation sites (N-methyl/N-ethyl adjacent to an activating group) is 1. The number of nitrogens with zero attached hydrogens (tertiary/aromatic N) is 1. The number of aliphatic hydroxyl groups is 1. The molecule has 1 aliphatic heterocycles. The quantitative estimate of drug-likeness (QED) is 0.901. The van der Waals surface area contributed by atoms with Gasteiger partial charge in [0.1, 0.15) is 0 Å². The molecule has 0 spiro atoms. The molecule has 0 saturated heterocycles. The van der Waals surface area contributed by atoms with Gasteiger partial charge in [0.2, 0.25) is 0 Å². The van der Waals surface area contributed by atoms with Crippen molar-refractivity contribution < 1.29 is 5.11 Å². The van der Waals surface area contributed by atoms with Crippen molar-refractivity contribution in [1.29, 1.82) is 0 Å². The lowest BCUT2D eigenvalue weighted by atomic mass is 9.52. The van der Waals surface area contributed by atoms with E-state index in [1.807, 2.05) is 0 Å². The third kappa shape index (κ3) is 1.95. The van der Waals surface area contributed by atoms with Crippen LogP contribution in [0.4, 0.5) is 5.69 Å². The Morgan fingerprint density at radius 3 is 2.64 bits per heavy atom. The van der Waals surface area contributed by atoms with Crippen LogP contribution in [0.2, 0.25) is 0 Å². The second kappa shape index (κ2) is 4.97. The summed E-state index contributed by atoms with van der Waals surface area (Å²) in [5, 5.41) is 15.1. The van der Waals surface area contributed by atoms with Gasteiger partial charge < -0.3 is 15.3 Å². The number of hydrogen-bond donors (Lipinski definition) is 2. The Balaban J connectivity index is 1.77. The molecule has 120 valence electrons. The highest BCUT2D eigenvalue weighted by Crippen LogP contribution is 2.55. The third-order valence-electron chi connectivity index (χ3n) is 6.20. The summed E-state index contributed by atoms with van der Waals surface area (Å²) in [4.78, 5) is 2.26. The van der Waals surface area contributed by atoms with E-state index in [0.29, 0.717) is 0 Å². The molecular weight excluding hydrogens is 272 g/mol. The molecule has 1 saturated carbocycles. The predicted octanol–water partition coefficient (Wildman–Crippen LogP) is 2.71. The van der Waals surface area contributed by atoms with Crippen LogP contribution in [0.1, 0.15) is 48.8 Å². The maximum atomic E-state index is 11.5. The van der Waals surface area contributed by atoms with Crippen LogP contribution in [0.15, 0.2) is 12.1 Å². The minimum atomic E-state index is -0.518. The van der Waals surface area contributed by atoms with E-state index in [1.165, 1.54) is 41.6 Å². The molecule has 1 aromatic rings. The van der Waals surface area contributed by atoms with Gasteiger partial charge in [0.05, 0.1) is 5.60 Å². The summed E-state index contributed by atoms with van der Waals surface area (Å²) in [5.41, 5.74) is 5.08. The van der Waals surface area contributed by atoms with E-state index in [1.54, 1.807) is 0 Å². The molecule has 22 heavy (non-hydrogen) atoms. The van der Waals surface area contributed by atoms with Crippen molar-refractivity contribution in [3.63, 3.8) is 0 Å². The molecule has 3 aliphatic rings. The lowest BCUT2D eigenvalue weighted by Crippen LogP contribution is -2.63. The van der Waals surface area contributed by atoms with Crippen molar-refractivity contribution in [2.75, 3.05) is 32.5 Å². The fourth-order valence-electron chi connectivity index (χ4n) is 5.16. The minimum absolute atomic E-state index is 0.0639. The van der Waals surface area contributed by atoms with Gasteiger partial charge in [-0.05, 0) is 62.5 Å². The first kappa shape index (κ1) is 14.5. The van der Waals surface area contributed by atoms with E-state index >= 15 is 0 Å². The van der Waals surface area contributed by atoms with E-state index in [-0.39, 0.29) is 5.41 Å². The molecule has 2 N–H and O–H groups in total. The molecule has 0 bridgehead atoms. The second-order valence-corrected chi connectivity index (χ2v) is 7.93. The van der Waals surface area contributed by atoms with Crippen LogP contribution in [0, 0.1) is 0 Å². The molecule has 3 nitrogen and oxygen atoms in total. The van der Waals surface area contributed by atoms with E-state index in [9.17, 15) is 5.11 Å². The van der Waals surface area contributed by atoms with Gasteiger partial charge in [-0.3, -0.25) is 0 Å². The van der Waals surface area contributed by atoms with E-state index in [2.05, 4.69) is 36.4 Å². The summed E-state index contributed by atoms with van der Waals surface area (Å²) in [6.45, 7) is 2.01. The molecule has 1 atom stereocenters. The first-order chi connectivity index (χ1) is 10.5. The van der Waals surface area contributed by atoms with E-state index in [4.69, 9.17) is 0 Å². The molecule has 4 rings (SSSR count). The van der Waals surface area contributed by atoms with Crippen molar-refractivity contribution in [3.8, 4) is 0 Å².